The van der Waals surface area contributed by atoms with Gasteiger partial charge >= 0.3 is 0 Å². The molecular weight excluding hydrogens is 306 g/mol. The lowest BCUT2D eigenvalue weighted by molar-refractivity contribution is 0.380. The van der Waals surface area contributed by atoms with Crippen LogP contribution in [-0.2, 0) is 6.54 Å². The van der Waals surface area contributed by atoms with Crippen molar-refractivity contribution >= 4 is 15.9 Å². The van der Waals surface area contributed by atoms with Crippen LogP contribution in [0.25, 0.3) is 11.4 Å². The molecule has 0 saturated heterocycles. The highest BCUT2D eigenvalue weighted by molar-refractivity contribution is 9.10. The third-order valence-electron chi connectivity index (χ3n) is 3.33. The molecule has 2 rings (SSSR count). The molecule has 0 amide bonds. The average molecular weight is 324 g/mol. The van der Waals surface area contributed by atoms with Gasteiger partial charge in [0.2, 0.25) is 11.7 Å². The molecule has 0 radical (unpaired) electrons. The third-order valence-corrected chi connectivity index (χ3v) is 4.01. The summed E-state index contributed by atoms with van der Waals surface area (Å²) in [5.74, 6) is 1.61. The Hall–Kier alpha value is -1.20. The lowest BCUT2D eigenvalue weighted by Crippen LogP contribution is -1.97. The van der Waals surface area contributed by atoms with Gasteiger partial charge < -0.3 is 10.3 Å². The summed E-state index contributed by atoms with van der Waals surface area (Å²) in [6, 6.07) is 6.21. The van der Waals surface area contributed by atoms with Gasteiger partial charge in [0.1, 0.15) is 0 Å². The Labute approximate surface area is 121 Å². The summed E-state index contributed by atoms with van der Waals surface area (Å²) in [4.78, 5) is 4.23. The summed E-state index contributed by atoms with van der Waals surface area (Å²) in [5.41, 5.74) is 7.73. The minimum Gasteiger partial charge on any atom is -0.338 e. The zero-order chi connectivity index (χ0) is 13.8. The number of rotatable bonds is 5. The van der Waals surface area contributed by atoms with Crippen molar-refractivity contribution in [2.75, 3.05) is 0 Å². The molecule has 0 aliphatic heterocycles. The van der Waals surface area contributed by atoms with Gasteiger partial charge in [-0.05, 0) is 30.4 Å². The first-order valence-corrected chi connectivity index (χ1v) is 7.31. The first kappa shape index (κ1) is 14.2. The Morgan fingerprint density at radius 1 is 1.32 bits per heavy atom. The number of nitrogens with zero attached hydrogens (tertiary/aromatic N) is 2. The molecule has 4 nitrogen and oxygen atoms in total. The number of halogens is 1. The molecule has 0 bridgehead atoms. The summed E-state index contributed by atoms with van der Waals surface area (Å²) < 4.78 is 6.12. The molecule has 0 fully saturated rings. The fourth-order valence-corrected chi connectivity index (χ4v) is 2.88. The highest BCUT2D eigenvalue weighted by Crippen LogP contribution is 2.32. The highest BCUT2D eigenvalue weighted by Gasteiger charge is 2.13. The Balaban J connectivity index is 2.32. The van der Waals surface area contributed by atoms with E-state index < -0.39 is 0 Å². The van der Waals surface area contributed by atoms with Crippen LogP contribution in [0.2, 0.25) is 0 Å². The van der Waals surface area contributed by atoms with Crippen molar-refractivity contribution in [2.45, 2.75) is 39.2 Å². The van der Waals surface area contributed by atoms with Crippen LogP contribution >= 0.6 is 15.9 Å². The monoisotopic (exact) mass is 323 g/mol. The summed E-state index contributed by atoms with van der Waals surface area (Å²) in [5, 5.41) is 3.93. The second-order valence-corrected chi connectivity index (χ2v) is 5.32. The lowest BCUT2D eigenvalue weighted by atomic mass is 9.93. The van der Waals surface area contributed by atoms with Crippen molar-refractivity contribution in [3.8, 4) is 11.4 Å². The van der Waals surface area contributed by atoms with Gasteiger partial charge in [0.25, 0.3) is 0 Å². The lowest BCUT2D eigenvalue weighted by Gasteiger charge is -2.15. The molecule has 1 aromatic carbocycles. The van der Waals surface area contributed by atoms with Crippen molar-refractivity contribution < 1.29 is 4.52 Å². The van der Waals surface area contributed by atoms with E-state index in [4.69, 9.17) is 10.3 Å². The molecule has 0 unspecified atom stereocenters. The van der Waals surface area contributed by atoms with Gasteiger partial charge in [-0.3, -0.25) is 0 Å². The summed E-state index contributed by atoms with van der Waals surface area (Å²) in [6.45, 7) is 4.68. The second-order valence-electron chi connectivity index (χ2n) is 4.47. The molecule has 0 spiro atoms. The van der Waals surface area contributed by atoms with Gasteiger partial charge in [-0.1, -0.05) is 47.1 Å². The standard InChI is InChI=1S/C14H18BrN3O/c1-3-9(4-2)11-6-5-10(7-12(11)15)14-17-13(8-16)19-18-14/h5-7,9H,3-4,8,16H2,1-2H3. The Morgan fingerprint density at radius 3 is 2.58 bits per heavy atom. The van der Waals surface area contributed by atoms with Crippen LogP contribution in [0.3, 0.4) is 0 Å². The maximum Gasteiger partial charge on any atom is 0.240 e. The van der Waals surface area contributed by atoms with Gasteiger partial charge in [-0.2, -0.15) is 4.98 Å². The molecule has 0 saturated carbocycles. The molecule has 102 valence electrons. The molecule has 2 aromatic rings. The topological polar surface area (TPSA) is 64.9 Å². The fraction of sp³-hybridized carbons (Fsp3) is 0.429. The summed E-state index contributed by atoms with van der Waals surface area (Å²) in [6.07, 6.45) is 2.27. The first-order chi connectivity index (χ1) is 9.19. The smallest absolute Gasteiger partial charge is 0.240 e. The van der Waals surface area contributed by atoms with Crippen molar-refractivity contribution in [1.82, 2.24) is 10.1 Å². The van der Waals surface area contributed by atoms with E-state index in [1.54, 1.807) is 0 Å². The minimum absolute atomic E-state index is 0.264. The minimum atomic E-state index is 0.264. The number of aromatic nitrogens is 2. The van der Waals surface area contributed by atoms with E-state index in [9.17, 15) is 0 Å². The van der Waals surface area contributed by atoms with Crippen molar-refractivity contribution in [1.29, 1.82) is 0 Å². The van der Waals surface area contributed by atoms with Gasteiger partial charge in [0.15, 0.2) is 0 Å². The van der Waals surface area contributed by atoms with E-state index >= 15 is 0 Å². The zero-order valence-corrected chi connectivity index (χ0v) is 12.8. The number of nitrogens with two attached hydrogens (primary N) is 1. The van der Waals surface area contributed by atoms with E-state index in [1.165, 1.54) is 5.56 Å². The number of hydrogen-bond donors (Lipinski definition) is 1. The van der Waals surface area contributed by atoms with E-state index in [2.05, 4.69) is 46.0 Å². The average Bonchev–Trinajstić information content (AvgIpc) is 2.90. The molecule has 1 aromatic heterocycles. The van der Waals surface area contributed by atoms with E-state index in [1.807, 2.05) is 12.1 Å². The molecule has 2 N–H and O–H groups in total. The van der Waals surface area contributed by atoms with Crippen LogP contribution in [0, 0.1) is 0 Å². The summed E-state index contributed by atoms with van der Waals surface area (Å²) in [7, 11) is 0. The quantitative estimate of drug-likeness (QED) is 0.907. The maximum atomic E-state index is 5.47. The predicted molar refractivity (Wildman–Crippen MR) is 78.6 cm³/mol. The Morgan fingerprint density at radius 2 is 2.05 bits per heavy atom. The van der Waals surface area contributed by atoms with Crippen LogP contribution in [0.4, 0.5) is 0 Å². The van der Waals surface area contributed by atoms with Crippen molar-refractivity contribution in [3.05, 3.63) is 34.1 Å². The number of hydrogen-bond acceptors (Lipinski definition) is 4. The number of benzene rings is 1. The fourth-order valence-electron chi connectivity index (χ4n) is 2.18. The molecule has 0 aliphatic rings. The van der Waals surface area contributed by atoms with Crippen molar-refractivity contribution in [2.24, 2.45) is 5.73 Å². The zero-order valence-electron chi connectivity index (χ0n) is 11.2. The third kappa shape index (κ3) is 3.04. The molecule has 0 aliphatic carbocycles. The van der Waals surface area contributed by atoms with Crippen molar-refractivity contribution in [3.63, 3.8) is 0 Å². The van der Waals surface area contributed by atoms with Crippen LogP contribution in [-0.4, -0.2) is 10.1 Å². The molecule has 1 heterocycles. The van der Waals surface area contributed by atoms with Gasteiger partial charge in [0, 0.05) is 10.0 Å². The second kappa shape index (κ2) is 6.30. The van der Waals surface area contributed by atoms with Crippen LogP contribution < -0.4 is 5.73 Å². The highest BCUT2D eigenvalue weighted by atomic mass is 79.9. The molecule has 19 heavy (non-hydrogen) atoms. The SMILES string of the molecule is CCC(CC)c1ccc(-c2noc(CN)n2)cc1Br. The summed E-state index contributed by atoms with van der Waals surface area (Å²) >= 11 is 3.64. The van der Waals surface area contributed by atoms with Crippen LogP contribution in [0.1, 0.15) is 44.1 Å². The molecule has 5 heteroatoms. The largest absolute Gasteiger partial charge is 0.338 e. The van der Waals surface area contributed by atoms with Gasteiger partial charge in [-0.25, -0.2) is 0 Å². The predicted octanol–water partition coefficient (Wildman–Crippen LogP) is 3.86. The van der Waals surface area contributed by atoms with E-state index in [-0.39, 0.29) is 6.54 Å². The first-order valence-electron chi connectivity index (χ1n) is 6.52. The van der Waals surface area contributed by atoms with Crippen LogP contribution in [0.5, 0.6) is 0 Å². The van der Waals surface area contributed by atoms with Crippen LogP contribution in [0.15, 0.2) is 27.2 Å². The van der Waals surface area contributed by atoms with Gasteiger partial charge in [-0.15, -0.1) is 0 Å². The van der Waals surface area contributed by atoms with E-state index in [0.29, 0.717) is 17.6 Å². The van der Waals surface area contributed by atoms with E-state index in [0.717, 1.165) is 22.9 Å². The molecular formula is C14H18BrN3O. The normalized spacial score (nSPS) is 11.2. The Kier molecular flexibility index (Phi) is 4.71. The Bertz CT molecular complexity index is 549. The molecule has 0 atom stereocenters. The maximum absolute atomic E-state index is 5.47. The van der Waals surface area contributed by atoms with Gasteiger partial charge in [0.05, 0.1) is 6.54 Å².